The first-order chi connectivity index (χ1) is 9.67. The van der Waals surface area contributed by atoms with Gasteiger partial charge in [-0.05, 0) is 24.3 Å². The second kappa shape index (κ2) is 6.10. The second-order valence-corrected chi connectivity index (χ2v) is 4.36. The molecule has 104 valence electrons. The highest BCUT2D eigenvalue weighted by molar-refractivity contribution is 6.09. The summed E-state index contributed by atoms with van der Waals surface area (Å²) < 4.78 is 5.19. The minimum Gasteiger partial charge on any atom is -0.497 e. The van der Waals surface area contributed by atoms with Crippen LogP contribution in [0.25, 0.3) is 0 Å². The topological polar surface area (TPSA) is 41.6 Å². The molecule has 0 aliphatic heterocycles. The molecule has 0 spiro atoms. The van der Waals surface area contributed by atoms with E-state index in [0.29, 0.717) is 5.56 Å². The molecule has 0 heterocycles. The number of carbonyl (C=O) groups is 1. The van der Waals surface area contributed by atoms with Crippen LogP contribution in [0.2, 0.25) is 0 Å². The van der Waals surface area contributed by atoms with E-state index in [4.69, 9.17) is 4.74 Å². The summed E-state index contributed by atoms with van der Waals surface area (Å²) >= 11 is 0. The molecule has 2 aromatic carbocycles. The van der Waals surface area contributed by atoms with E-state index < -0.39 is 0 Å². The molecule has 4 heteroatoms. The van der Waals surface area contributed by atoms with Crippen molar-refractivity contribution in [2.45, 2.75) is 0 Å². The zero-order chi connectivity index (χ0) is 14.5. The molecule has 0 radical (unpaired) electrons. The standard InChI is InChI=1S/C16H18N2O2/c1-17-15-10-5-4-9-14(15)16(19)18(2)12-7-6-8-13(11-12)20-3/h4-11,17H,1-3H3. The maximum atomic E-state index is 12.6. The molecule has 0 atom stereocenters. The van der Waals surface area contributed by atoms with Gasteiger partial charge in [0, 0.05) is 31.5 Å². The minimum atomic E-state index is -0.0665. The van der Waals surface area contributed by atoms with E-state index in [1.54, 1.807) is 26.1 Å². The molecule has 0 saturated heterocycles. The van der Waals surface area contributed by atoms with E-state index in [2.05, 4.69) is 5.32 Å². The van der Waals surface area contributed by atoms with Crippen LogP contribution in [0.4, 0.5) is 11.4 Å². The molecule has 2 aromatic rings. The Morgan fingerprint density at radius 2 is 1.90 bits per heavy atom. The first kappa shape index (κ1) is 13.9. The fourth-order valence-electron chi connectivity index (χ4n) is 2.00. The van der Waals surface area contributed by atoms with Gasteiger partial charge in [-0.3, -0.25) is 4.79 Å². The van der Waals surface area contributed by atoms with Gasteiger partial charge in [-0.15, -0.1) is 0 Å². The van der Waals surface area contributed by atoms with Crippen LogP contribution in [0.3, 0.4) is 0 Å². The summed E-state index contributed by atoms with van der Waals surface area (Å²) in [6, 6.07) is 14.9. The van der Waals surface area contributed by atoms with Crippen LogP contribution in [0.1, 0.15) is 10.4 Å². The Balaban J connectivity index is 2.32. The Kier molecular flexibility index (Phi) is 4.25. The highest BCUT2D eigenvalue weighted by Crippen LogP contribution is 2.23. The minimum absolute atomic E-state index is 0.0665. The lowest BCUT2D eigenvalue weighted by atomic mass is 10.1. The second-order valence-electron chi connectivity index (χ2n) is 4.36. The number of amides is 1. The van der Waals surface area contributed by atoms with Crippen LogP contribution in [0.15, 0.2) is 48.5 Å². The number of benzene rings is 2. The van der Waals surface area contributed by atoms with E-state index in [-0.39, 0.29) is 5.91 Å². The Morgan fingerprint density at radius 1 is 1.15 bits per heavy atom. The molecule has 4 nitrogen and oxygen atoms in total. The van der Waals surface area contributed by atoms with Gasteiger partial charge in [-0.2, -0.15) is 0 Å². The third-order valence-electron chi connectivity index (χ3n) is 3.17. The number of rotatable bonds is 4. The van der Waals surface area contributed by atoms with Gasteiger partial charge >= 0.3 is 0 Å². The van der Waals surface area contributed by atoms with Gasteiger partial charge in [0.15, 0.2) is 0 Å². The van der Waals surface area contributed by atoms with Gasteiger partial charge in [0.1, 0.15) is 5.75 Å². The number of ether oxygens (including phenoxy) is 1. The Bertz CT molecular complexity index is 611. The van der Waals surface area contributed by atoms with Crippen LogP contribution in [-0.4, -0.2) is 27.1 Å². The molecule has 0 aliphatic rings. The monoisotopic (exact) mass is 270 g/mol. The van der Waals surface area contributed by atoms with Crippen molar-refractivity contribution in [3.63, 3.8) is 0 Å². The zero-order valence-corrected chi connectivity index (χ0v) is 11.9. The van der Waals surface area contributed by atoms with Crippen LogP contribution < -0.4 is 15.0 Å². The van der Waals surface area contributed by atoms with Crippen molar-refractivity contribution in [3.8, 4) is 5.75 Å². The van der Waals surface area contributed by atoms with Crippen molar-refractivity contribution < 1.29 is 9.53 Å². The summed E-state index contributed by atoms with van der Waals surface area (Å²) in [5.41, 5.74) is 2.24. The van der Waals surface area contributed by atoms with Crippen molar-refractivity contribution >= 4 is 17.3 Å². The first-order valence-electron chi connectivity index (χ1n) is 6.36. The molecule has 1 amide bonds. The fourth-order valence-corrected chi connectivity index (χ4v) is 2.00. The Hall–Kier alpha value is -2.49. The molecule has 0 fully saturated rings. The smallest absolute Gasteiger partial charge is 0.260 e. The number of carbonyl (C=O) groups excluding carboxylic acids is 1. The van der Waals surface area contributed by atoms with Gasteiger partial charge in [0.25, 0.3) is 5.91 Å². The maximum absolute atomic E-state index is 12.6. The number of hydrogen-bond acceptors (Lipinski definition) is 3. The van der Waals surface area contributed by atoms with Crippen LogP contribution in [-0.2, 0) is 0 Å². The quantitative estimate of drug-likeness (QED) is 0.928. The molecule has 0 aliphatic carbocycles. The molecule has 0 aromatic heterocycles. The normalized spacial score (nSPS) is 9.95. The summed E-state index contributed by atoms with van der Waals surface area (Å²) in [5, 5.41) is 3.03. The third-order valence-corrected chi connectivity index (χ3v) is 3.17. The van der Waals surface area contributed by atoms with E-state index in [9.17, 15) is 4.79 Å². The lowest BCUT2D eigenvalue weighted by molar-refractivity contribution is 0.0994. The van der Waals surface area contributed by atoms with Crippen LogP contribution >= 0.6 is 0 Å². The highest BCUT2D eigenvalue weighted by atomic mass is 16.5. The summed E-state index contributed by atoms with van der Waals surface area (Å²) in [6.07, 6.45) is 0. The molecule has 0 unspecified atom stereocenters. The predicted octanol–water partition coefficient (Wildman–Crippen LogP) is 3.01. The van der Waals surface area contributed by atoms with E-state index in [1.807, 2.05) is 48.5 Å². The predicted molar refractivity (Wildman–Crippen MR) is 81.7 cm³/mol. The molecular formula is C16H18N2O2. The lowest BCUT2D eigenvalue weighted by Crippen LogP contribution is -2.26. The number of anilines is 2. The summed E-state index contributed by atoms with van der Waals surface area (Å²) in [7, 11) is 5.17. The van der Waals surface area contributed by atoms with Crippen LogP contribution in [0.5, 0.6) is 5.75 Å². The fraction of sp³-hybridized carbons (Fsp3) is 0.188. The van der Waals surface area contributed by atoms with E-state index in [1.165, 1.54) is 0 Å². The van der Waals surface area contributed by atoms with Crippen molar-refractivity contribution in [2.75, 3.05) is 31.4 Å². The largest absolute Gasteiger partial charge is 0.497 e. The summed E-state index contributed by atoms with van der Waals surface area (Å²) in [4.78, 5) is 14.2. The molecule has 2 rings (SSSR count). The average molecular weight is 270 g/mol. The number of methoxy groups -OCH3 is 1. The van der Waals surface area contributed by atoms with E-state index >= 15 is 0 Å². The Labute approximate surface area is 119 Å². The average Bonchev–Trinajstić information content (AvgIpc) is 2.53. The number of nitrogens with zero attached hydrogens (tertiary/aromatic N) is 1. The lowest BCUT2D eigenvalue weighted by Gasteiger charge is -2.19. The van der Waals surface area contributed by atoms with Crippen LogP contribution in [0, 0.1) is 0 Å². The molecule has 1 N–H and O–H groups in total. The van der Waals surface area contributed by atoms with E-state index in [0.717, 1.165) is 17.1 Å². The van der Waals surface area contributed by atoms with Gasteiger partial charge in [0.2, 0.25) is 0 Å². The number of hydrogen-bond donors (Lipinski definition) is 1. The molecule has 0 bridgehead atoms. The molecular weight excluding hydrogens is 252 g/mol. The third kappa shape index (κ3) is 2.74. The van der Waals surface area contributed by atoms with Gasteiger partial charge in [0.05, 0.1) is 12.7 Å². The van der Waals surface area contributed by atoms with Crippen molar-refractivity contribution in [1.29, 1.82) is 0 Å². The summed E-state index contributed by atoms with van der Waals surface area (Å²) in [6.45, 7) is 0. The highest BCUT2D eigenvalue weighted by Gasteiger charge is 2.16. The SMILES string of the molecule is CNc1ccccc1C(=O)N(C)c1cccc(OC)c1. The van der Waals surface area contributed by atoms with Gasteiger partial charge in [-0.1, -0.05) is 18.2 Å². The first-order valence-corrected chi connectivity index (χ1v) is 6.36. The number of para-hydroxylation sites is 1. The molecule has 20 heavy (non-hydrogen) atoms. The number of nitrogens with one attached hydrogen (secondary N) is 1. The van der Waals surface area contributed by atoms with Crippen molar-refractivity contribution in [3.05, 3.63) is 54.1 Å². The van der Waals surface area contributed by atoms with Gasteiger partial charge < -0.3 is 15.0 Å². The Morgan fingerprint density at radius 3 is 2.60 bits per heavy atom. The van der Waals surface area contributed by atoms with Crippen molar-refractivity contribution in [1.82, 2.24) is 0 Å². The van der Waals surface area contributed by atoms with Gasteiger partial charge in [-0.25, -0.2) is 0 Å². The zero-order valence-electron chi connectivity index (χ0n) is 11.9. The van der Waals surface area contributed by atoms with Crippen molar-refractivity contribution in [2.24, 2.45) is 0 Å². The summed E-state index contributed by atoms with van der Waals surface area (Å²) in [5.74, 6) is 0.659. The maximum Gasteiger partial charge on any atom is 0.260 e. The molecule has 0 saturated carbocycles.